The Morgan fingerprint density at radius 2 is 1.25 bits per heavy atom. The van der Waals surface area contributed by atoms with Gasteiger partial charge in [-0.15, -0.1) is 0 Å². The lowest BCUT2D eigenvalue weighted by molar-refractivity contribution is -0.382. The van der Waals surface area contributed by atoms with Gasteiger partial charge in [-0.3, -0.25) is 9.59 Å². The van der Waals surface area contributed by atoms with Gasteiger partial charge in [0.15, 0.2) is 5.41 Å². The molecule has 0 amide bonds. The normalized spacial score (nSPS) is 22.2. The van der Waals surface area contributed by atoms with Gasteiger partial charge in [-0.05, 0) is 12.8 Å². The number of carboxylic acids is 2. The number of carbonyl (C=O) groups is 2. The zero-order valence-corrected chi connectivity index (χ0v) is 8.98. The molecule has 1 aliphatic carbocycles. The highest BCUT2D eigenvalue weighted by Crippen LogP contribution is 2.36. The Kier molecular flexibility index (Phi) is 4.70. The zero-order valence-electron chi connectivity index (χ0n) is 8.98. The van der Waals surface area contributed by atoms with E-state index in [0.717, 1.165) is 19.6 Å². The number of hydrogen-bond acceptors (Lipinski definition) is 4. The molecule has 6 nitrogen and oxygen atoms in total. The molecule has 1 saturated heterocycles. The number of aliphatic carboxylic acids is 2. The Bertz CT molecular complexity index is 232. The summed E-state index contributed by atoms with van der Waals surface area (Å²) in [5.74, 6) is -2.37. The van der Waals surface area contributed by atoms with Gasteiger partial charge in [0.25, 0.3) is 0 Å². The van der Waals surface area contributed by atoms with Crippen LogP contribution >= 0.6 is 0 Å². The Morgan fingerprint density at radius 3 is 1.44 bits per heavy atom. The zero-order chi connectivity index (χ0) is 12.0. The summed E-state index contributed by atoms with van der Waals surface area (Å²) < 4.78 is 0. The molecule has 0 atom stereocenters. The molecule has 0 aromatic rings. The predicted octanol–water partition coefficient (Wildman–Crippen LogP) is 1.05. The molecule has 2 aliphatic rings. The SMILES string of the molecule is C1COO1.O=C(O)C1(C(=O)O)CCCCC1. The van der Waals surface area contributed by atoms with Gasteiger partial charge in [-0.25, -0.2) is 9.78 Å². The number of hydrogen-bond donors (Lipinski definition) is 2. The fourth-order valence-electron chi connectivity index (χ4n) is 1.76. The minimum atomic E-state index is -1.49. The Balaban J connectivity index is 0.000000267. The van der Waals surface area contributed by atoms with Gasteiger partial charge in [0.1, 0.15) is 13.2 Å². The molecule has 0 spiro atoms. The first-order valence-corrected chi connectivity index (χ1v) is 5.31. The molecule has 0 radical (unpaired) electrons. The van der Waals surface area contributed by atoms with Crippen molar-refractivity contribution in [1.82, 2.24) is 0 Å². The number of carboxylic acid groups (broad SMARTS) is 2. The lowest BCUT2D eigenvalue weighted by atomic mass is 9.74. The van der Waals surface area contributed by atoms with E-state index in [1.165, 1.54) is 0 Å². The van der Waals surface area contributed by atoms with Gasteiger partial charge >= 0.3 is 11.9 Å². The third-order valence-corrected chi connectivity index (χ3v) is 2.86. The largest absolute Gasteiger partial charge is 0.480 e. The third kappa shape index (κ3) is 2.93. The van der Waals surface area contributed by atoms with E-state index in [0.29, 0.717) is 12.8 Å². The Labute approximate surface area is 93.1 Å². The minimum absolute atomic E-state index is 0.275. The van der Waals surface area contributed by atoms with Crippen LogP contribution in [-0.4, -0.2) is 35.4 Å². The van der Waals surface area contributed by atoms with Crippen LogP contribution in [0.25, 0.3) is 0 Å². The average molecular weight is 232 g/mol. The molecule has 1 heterocycles. The summed E-state index contributed by atoms with van der Waals surface area (Å²) in [6.45, 7) is 1.56. The van der Waals surface area contributed by atoms with E-state index in [9.17, 15) is 9.59 Å². The van der Waals surface area contributed by atoms with Crippen LogP contribution in [0.1, 0.15) is 32.1 Å². The maximum absolute atomic E-state index is 10.7. The van der Waals surface area contributed by atoms with Crippen molar-refractivity contribution in [3.8, 4) is 0 Å². The quantitative estimate of drug-likeness (QED) is 0.546. The number of rotatable bonds is 2. The second-order valence-electron chi connectivity index (χ2n) is 3.90. The van der Waals surface area contributed by atoms with Crippen molar-refractivity contribution in [3.63, 3.8) is 0 Å². The van der Waals surface area contributed by atoms with Crippen LogP contribution in [0.15, 0.2) is 0 Å². The van der Waals surface area contributed by atoms with Crippen molar-refractivity contribution >= 4 is 11.9 Å². The second kappa shape index (κ2) is 5.81. The monoisotopic (exact) mass is 232 g/mol. The van der Waals surface area contributed by atoms with Gasteiger partial charge in [0.05, 0.1) is 0 Å². The van der Waals surface area contributed by atoms with Crippen LogP contribution in [0.4, 0.5) is 0 Å². The molecular formula is C10H16O6. The van der Waals surface area contributed by atoms with Gasteiger partial charge in [0, 0.05) is 0 Å². The van der Waals surface area contributed by atoms with Crippen LogP contribution in [-0.2, 0) is 19.4 Å². The van der Waals surface area contributed by atoms with Crippen molar-refractivity contribution in [2.45, 2.75) is 32.1 Å². The smallest absolute Gasteiger partial charge is 0.321 e. The molecule has 92 valence electrons. The molecule has 16 heavy (non-hydrogen) atoms. The van der Waals surface area contributed by atoms with E-state index < -0.39 is 17.4 Å². The first-order valence-electron chi connectivity index (χ1n) is 5.31. The summed E-state index contributed by atoms with van der Waals surface area (Å²) in [7, 11) is 0. The average Bonchev–Trinajstić information content (AvgIpc) is 2.15. The molecule has 0 bridgehead atoms. The highest BCUT2D eigenvalue weighted by molar-refractivity contribution is 5.98. The third-order valence-electron chi connectivity index (χ3n) is 2.86. The minimum Gasteiger partial charge on any atom is -0.480 e. The van der Waals surface area contributed by atoms with Crippen molar-refractivity contribution < 1.29 is 29.6 Å². The summed E-state index contributed by atoms with van der Waals surface area (Å²) in [6.07, 6.45) is 2.91. The van der Waals surface area contributed by atoms with Crippen molar-refractivity contribution in [2.75, 3.05) is 13.2 Å². The topological polar surface area (TPSA) is 93.1 Å². The summed E-state index contributed by atoms with van der Waals surface area (Å²) in [6, 6.07) is 0. The fraction of sp³-hybridized carbons (Fsp3) is 0.800. The summed E-state index contributed by atoms with van der Waals surface area (Å²) in [4.78, 5) is 29.9. The highest BCUT2D eigenvalue weighted by Gasteiger charge is 2.46. The molecule has 2 fully saturated rings. The summed E-state index contributed by atoms with van der Waals surface area (Å²) in [5.41, 5.74) is -1.49. The molecule has 6 heteroatoms. The van der Waals surface area contributed by atoms with Crippen molar-refractivity contribution in [1.29, 1.82) is 0 Å². The summed E-state index contributed by atoms with van der Waals surface area (Å²) >= 11 is 0. The fourth-order valence-corrected chi connectivity index (χ4v) is 1.76. The lowest BCUT2D eigenvalue weighted by Crippen LogP contribution is -2.40. The Morgan fingerprint density at radius 1 is 0.875 bits per heavy atom. The van der Waals surface area contributed by atoms with E-state index in [1.807, 2.05) is 0 Å². The highest BCUT2D eigenvalue weighted by atomic mass is 17.2. The van der Waals surface area contributed by atoms with Gasteiger partial charge in [0.2, 0.25) is 0 Å². The van der Waals surface area contributed by atoms with Crippen LogP contribution < -0.4 is 0 Å². The molecular weight excluding hydrogens is 216 g/mol. The van der Waals surface area contributed by atoms with Crippen LogP contribution in [0.5, 0.6) is 0 Å². The first kappa shape index (κ1) is 12.9. The molecule has 1 saturated carbocycles. The van der Waals surface area contributed by atoms with E-state index in [4.69, 9.17) is 10.2 Å². The van der Waals surface area contributed by atoms with Crippen molar-refractivity contribution in [2.24, 2.45) is 5.41 Å². The maximum atomic E-state index is 10.7. The molecule has 1 aliphatic heterocycles. The molecule has 0 unspecified atom stereocenters. The maximum Gasteiger partial charge on any atom is 0.321 e. The van der Waals surface area contributed by atoms with Crippen LogP contribution in [0.2, 0.25) is 0 Å². The first-order chi connectivity index (χ1) is 7.59. The Hall–Kier alpha value is -1.14. The van der Waals surface area contributed by atoms with E-state index >= 15 is 0 Å². The van der Waals surface area contributed by atoms with E-state index in [-0.39, 0.29) is 12.8 Å². The van der Waals surface area contributed by atoms with Gasteiger partial charge in [-0.2, -0.15) is 0 Å². The van der Waals surface area contributed by atoms with Crippen LogP contribution in [0.3, 0.4) is 0 Å². The van der Waals surface area contributed by atoms with E-state index in [2.05, 4.69) is 9.78 Å². The van der Waals surface area contributed by atoms with Gasteiger partial charge in [-0.1, -0.05) is 19.3 Å². The molecule has 2 N–H and O–H groups in total. The van der Waals surface area contributed by atoms with Gasteiger partial charge < -0.3 is 10.2 Å². The summed E-state index contributed by atoms with van der Waals surface area (Å²) in [5, 5.41) is 17.6. The van der Waals surface area contributed by atoms with E-state index in [1.54, 1.807) is 0 Å². The van der Waals surface area contributed by atoms with Crippen molar-refractivity contribution in [3.05, 3.63) is 0 Å². The standard InChI is InChI=1S/C8H12O4.C2H4O2/c9-6(10)8(7(11)12)4-2-1-3-5-8;1-2-4-3-1/h1-5H2,(H,9,10)(H,11,12);1-2H2. The molecule has 0 aromatic heterocycles. The lowest BCUT2D eigenvalue weighted by Gasteiger charge is -2.28. The predicted molar refractivity (Wildman–Crippen MR) is 52.7 cm³/mol. The molecule has 2 rings (SSSR count). The second-order valence-corrected chi connectivity index (χ2v) is 3.90. The van der Waals surface area contributed by atoms with Crippen LogP contribution in [0, 0.1) is 5.41 Å². The molecule has 0 aromatic carbocycles.